The van der Waals surface area contributed by atoms with Crippen molar-refractivity contribution in [3.05, 3.63) is 0 Å². The maximum absolute atomic E-state index is 11.3. The molecular formula is C11H23NO2S2. The van der Waals surface area contributed by atoms with Gasteiger partial charge in [0.15, 0.2) is 9.84 Å². The van der Waals surface area contributed by atoms with E-state index in [-0.39, 0.29) is 10.8 Å². The first-order valence-corrected chi connectivity index (χ1v) is 9.00. The van der Waals surface area contributed by atoms with Crippen LogP contribution in [0.1, 0.15) is 33.1 Å². The van der Waals surface area contributed by atoms with Crippen molar-refractivity contribution >= 4 is 21.6 Å². The summed E-state index contributed by atoms with van der Waals surface area (Å²) in [6, 6.07) is 0.176. The molecule has 5 heteroatoms. The van der Waals surface area contributed by atoms with Gasteiger partial charge in [0.1, 0.15) is 0 Å². The van der Waals surface area contributed by atoms with Gasteiger partial charge in [-0.2, -0.15) is 11.8 Å². The van der Waals surface area contributed by atoms with Crippen molar-refractivity contribution in [2.75, 3.05) is 24.3 Å². The van der Waals surface area contributed by atoms with E-state index in [2.05, 4.69) is 25.4 Å². The Morgan fingerprint density at radius 1 is 1.38 bits per heavy atom. The molecule has 1 fully saturated rings. The monoisotopic (exact) mass is 265 g/mol. The summed E-state index contributed by atoms with van der Waals surface area (Å²) in [5, 5.41) is 3.43. The molecule has 0 saturated carbocycles. The first-order valence-electron chi connectivity index (χ1n) is 5.96. The van der Waals surface area contributed by atoms with Gasteiger partial charge in [0.05, 0.1) is 11.5 Å². The summed E-state index contributed by atoms with van der Waals surface area (Å²) in [6.07, 6.45) is 5.16. The summed E-state index contributed by atoms with van der Waals surface area (Å²) in [4.78, 5) is 0. The first-order chi connectivity index (χ1) is 7.47. The Labute approximate surface area is 104 Å². The highest BCUT2D eigenvalue weighted by Gasteiger charge is 2.31. The molecule has 0 aliphatic carbocycles. The summed E-state index contributed by atoms with van der Waals surface area (Å²) in [6.45, 7) is 5.32. The fourth-order valence-electron chi connectivity index (χ4n) is 2.15. The van der Waals surface area contributed by atoms with Crippen molar-refractivity contribution in [3.8, 4) is 0 Å². The molecule has 1 aliphatic heterocycles. The van der Waals surface area contributed by atoms with Crippen molar-refractivity contribution in [1.29, 1.82) is 0 Å². The Bertz CT molecular complexity index is 302. The standard InChI is InChI=1S/C11H23NO2S2/c1-4-11(5-2,15-3)9-12-10-6-7-16(13,14)8-10/h10,12H,4-9H2,1-3H3. The third-order valence-corrected chi connectivity index (χ3v) is 7.02. The second kappa shape index (κ2) is 5.74. The maximum atomic E-state index is 11.3. The number of rotatable bonds is 6. The van der Waals surface area contributed by atoms with Gasteiger partial charge < -0.3 is 5.32 Å². The van der Waals surface area contributed by atoms with Crippen molar-refractivity contribution in [2.45, 2.75) is 43.9 Å². The Balaban J connectivity index is 2.45. The molecule has 96 valence electrons. The van der Waals surface area contributed by atoms with Crippen molar-refractivity contribution in [3.63, 3.8) is 0 Å². The van der Waals surface area contributed by atoms with Crippen LogP contribution < -0.4 is 5.32 Å². The lowest BCUT2D eigenvalue weighted by atomic mass is 10.0. The van der Waals surface area contributed by atoms with Crippen LogP contribution in [0.5, 0.6) is 0 Å². The lowest BCUT2D eigenvalue weighted by molar-refractivity contribution is 0.455. The van der Waals surface area contributed by atoms with E-state index in [1.165, 1.54) is 0 Å². The molecule has 0 amide bonds. The number of thioether (sulfide) groups is 1. The van der Waals surface area contributed by atoms with E-state index in [0.717, 1.165) is 25.8 Å². The quantitative estimate of drug-likeness (QED) is 0.794. The average molecular weight is 265 g/mol. The van der Waals surface area contributed by atoms with Crippen LogP contribution in [0.25, 0.3) is 0 Å². The summed E-state index contributed by atoms with van der Waals surface area (Å²) >= 11 is 1.89. The molecule has 16 heavy (non-hydrogen) atoms. The minimum atomic E-state index is -2.75. The van der Waals surface area contributed by atoms with Gasteiger partial charge in [0.25, 0.3) is 0 Å². The Morgan fingerprint density at radius 2 is 2.00 bits per heavy atom. The molecule has 0 radical (unpaired) electrons. The van der Waals surface area contributed by atoms with Gasteiger partial charge in [-0.3, -0.25) is 0 Å². The van der Waals surface area contributed by atoms with Gasteiger partial charge in [0.2, 0.25) is 0 Å². The van der Waals surface area contributed by atoms with Crippen LogP contribution in [0.15, 0.2) is 0 Å². The predicted octanol–water partition coefficient (Wildman–Crippen LogP) is 1.68. The molecule has 1 heterocycles. The normalized spacial score (nSPS) is 24.8. The van der Waals surface area contributed by atoms with E-state index in [1.807, 2.05) is 11.8 Å². The third kappa shape index (κ3) is 3.64. The molecular weight excluding hydrogens is 242 g/mol. The van der Waals surface area contributed by atoms with E-state index >= 15 is 0 Å². The van der Waals surface area contributed by atoms with Crippen LogP contribution in [-0.2, 0) is 9.84 Å². The van der Waals surface area contributed by atoms with Gasteiger partial charge in [0, 0.05) is 17.3 Å². The molecule has 0 spiro atoms. The van der Waals surface area contributed by atoms with E-state index in [4.69, 9.17) is 0 Å². The molecule has 0 aromatic heterocycles. The fraction of sp³-hybridized carbons (Fsp3) is 1.00. The lowest BCUT2D eigenvalue weighted by Crippen LogP contribution is -2.42. The minimum absolute atomic E-state index is 0.176. The molecule has 0 aromatic carbocycles. The van der Waals surface area contributed by atoms with E-state index in [9.17, 15) is 8.42 Å². The van der Waals surface area contributed by atoms with E-state index in [0.29, 0.717) is 11.5 Å². The van der Waals surface area contributed by atoms with Gasteiger partial charge in [-0.25, -0.2) is 8.42 Å². The second-order valence-electron chi connectivity index (χ2n) is 4.58. The Hall–Kier alpha value is 0.260. The summed E-state index contributed by atoms with van der Waals surface area (Å²) in [7, 11) is -2.75. The topological polar surface area (TPSA) is 46.2 Å². The van der Waals surface area contributed by atoms with Crippen LogP contribution in [0.2, 0.25) is 0 Å². The molecule has 0 aromatic rings. The zero-order valence-electron chi connectivity index (χ0n) is 10.5. The Morgan fingerprint density at radius 3 is 2.38 bits per heavy atom. The molecule has 1 rings (SSSR count). The molecule has 1 atom stereocenters. The fourth-order valence-corrected chi connectivity index (χ4v) is 4.66. The highest BCUT2D eigenvalue weighted by molar-refractivity contribution is 8.00. The van der Waals surface area contributed by atoms with Crippen LogP contribution in [-0.4, -0.2) is 43.5 Å². The molecule has 1 N–H and O–H groups in total. The highest BCUT2D eigenvalue weighted by Crippen LogP contribution is 2.30. The first kappa shape index (κ1) is 14.3. The van der Waals surface area contributed by atoms with Crippen LogP contribution in [0.4, 0.5) is 0 Å². The molecule has 1 unspecified atom stereocenters. The largest absolute Gasteiger partial charge is 0.312 e. The molecule has 3 nitrogen and oxygen atoms in total. The van der Waals surface area contributed by atoms with Gasteiger partial charge in [-0.15, -0.1) is 0 Å². The van der Waals surface area contributed by atoms with Gasteiger partial charge in [-0.1, -0.05) is 13.8 Å². The summed E-state index contributed by atoms with van der Waals surface area (Å²) < 4.78 is 22.9. The van der Waals surface area contributed by atoms with E-state index < -0.39 is 9.84 Å². The van der Waals surface area contributed by atoms with Crippen molar-refractivity contribution in [2.24, 2.45) is 0 Å². The second-order valence-corrected chi connectivity index (χ2v) is 8.08. The van der Waals surface area contributed by atoms with Gasteiger partial charge in [-0.05, 0) is 25.5 Å². The lowest BCUT2D eigenvalue weighted by Gasteiger charge is -2.31. The SMILES string of the molecule is CCC(CC)(CNC1CCS(=O)(=O)C1)SC. The molecule has 1 saturated heterocycles. The molecule has 1 aliphatic rings. The molecule has 0 bridgehead atoms. The van der Waals surface area contributed by atoms with Gasteiger partial charge >= 0.3 is 0 Å². The van der Waals surface area contributed by atoms with Crippen LogP contribution >= 0.6 is 11.8 Å². The number of hydrogen-bond acceptors (Lipinski definition) is 4. The summed E-state index contributed by atoms with van der Waals surface area (Å²) in [5.41, 5.74) is 0. The zero-order chi connectivity index (χ0) is 12.2. The number of sulfone groups is 1. The third-order valence-electron chi connectivity index (χ3n) is 3.67. The predicted molar refractivity (Wildman–Crippen MR) is 71.9 cm³/mol. The zero-order valence-corrected chi connectivity index (χ0v) is 12.1. The number of nitrogens with one attached hydrogen (secondary N) is 1. The van der Waals surface area contributed by atoms with E-state index in [1.54, 1.807) is 0 Å². The average Bonchev–Trinajstić information content (AvgIpc) is 2.61. The van der Waals surface area contributed by atoms with Crippen LogP contribution in [0.3, 0.4) is 0 Å². The highest BCUT2D eigenvalue weighted by atomic mass is 32.2. The van der Waals surface area contributed by atoms with Crippen molar-refractivity contribution < 1.29 is 8.42 Å². The summed E-state index contributed by atoms with van der Waals surface area (Å²) in [5.74, 6) is 0.681. The smallest absolute Gasteiger partial charge is 0.151 e. The maximum Gasteiger partial charge on any atom is 0.151 e. The van der Waals surface area contributed by atoms with Crippen LogP contribution in [0, 0.1) is 0 Å². The number of hydrogen-bond donors (Lipinski definition) is 1. The van der Waals surface area contributed by atoms with Crippen molar-refractivity contribution in [1.82, 2.24) is 5.32 Å². The Kier molecular flexibility index (Phi) is 5.13. The minimum Gasteiger partial charge on any atom is -0.312 e.